The second kappa shape index (κ2) is 8.82. The van der Waals surface area contributed by atoms with E-state index in [9.17, 15) is 4.79 Å². The first-order valence-corrected chi connectivity index (χ1v) is 10.5. The van der Waals surface area contributed by atoms with E-state index in [-0.39, 0.29) is 5.56 Å². The number of piperidine rings is 1. The Balaban J connectivity index is 1.73. The Kier molecular flexibility index (Phi) is 6.48. The number of anilines is 1. The minimum atomic E-state index is -0.0293. The zero-order valence-electron chi connectivity index (χ0n) is 16.0. The molecular formula is C20H30N4OS. The van der Waals surface area contributed by atoms with Crippen molar-refractivity contribution in [3.8, 4) is 0 Å². The minimum absolute atomic E-state index is 0.0293. The second-order valence-electron chi connectivity index (χ2n) is 7.76. The van der Waals surface area contributed by atoms with E-state index < -0.39 is 0 Å². The van der Waals surface area contributed by atoms with Crippen molar-refractivity contribution in [3.05, 3.63) is 45.1 Å². The molecule has 2 aromatic rings. The van der Waals surface area contributed by atoms with Gasteiger partial charge < -0.3 is 9.88 Å². The molecule has 142 valence electrons. The first kappa shape index (κ1) is 19.1. The fourth-order valence-electron chi connectivity index (χ4n) is 3.53. The van der Waals surface area contributed by atoms with Crippen LogP contribution >= 0.6 is 11.3 Å². The molecule has 0 aliphatic carbocycles. The molecule has 1 aliphatic rings. The van der Waals surface area contributed by atoms with Crippen LogP contribution in [0, 0.1) is 11.8 Å². The second-order valence-corrected chi connectivity index (χ2v) is 8.74. The van der Waals surface area contributed by atoms with Crippen LogP contribution in [0.1, 0.15) is 44.5 Å². The molecule has 0 bridgehead atoms. The van der Waals surface area contributed by atoms with Gasteiger partial charge >= 0.3 is 0 Å². The molecule has 1 saturated heterocycles. The van der Waals surface area contributed by atoms with Crippen molar-refractivity contribution < 1.29 is 0 Å². The first-order valence-electron chi connectivity index (χ1n) is 9.61. The lowest BCUT2D eigenvalue weighted by molar-refractivity contribution is 0.145. The van der Waals surface area contributed by atoms with Gasteiger partial charge in [0.2, 0.25) is 0 Å². The number of nitrogens with one attached hydrogen (secondary N) is 1. The summed E-state index contributed by atoms with van der Waals surface area (Å²) >= 11 is 1.79. The summed E-state index contributed by atoms with van der Waals surface area (Å²) in [6.45, 7) is 10.2. The van der Waals surface area contributed by atoms with Crippen molar-refractivity contribution in [2.45, 2.75) is 46.2 Å². The Labute approximate surface area is 160 Å². The Morgan fingerprint density at radius 3 is 2.77 bits per heavy atom. The highest BCUT2D eigenvalue weighted by Gasteiger charge is 2.25. The van der Waals surface area contributed by atoms with Crippen LogP contribution in [0.25, 0.3) is 0 Å². The lowest BCUT2D eigenvalue weighted by atomic mass is 9.97. The molecule has 1 unspecified atom stereocenters. The number of aromatic nitrogens is 2. The number of nitrogens with zero attached hydrogens (tertiary/aromatic N) is 3. The molecule has 0 amide bonds. The molecule has 1 atom stereocenters. The summed E-state index contributed by atoms with van der Waals surface area (Å²) in [6.07, 6.45) is 5.98. The molecule has 2 aromatic heterocycles. The normalized spacial score (nSPS) is 17.5. The zero-order chi connectivity index (χ0) is 18.5. The van der Waals surface area contributed by atoms with Gasteiger partial charge in [-0.3, -0.25) is 9.69 Å². The lowest BCUT2D eigenvalue weighted by Crippen LogP contribution is -2.39. The molecule has 3 rings (SSSR count). The maximum Gasteiger partial charge on any atom is 0.293 e. The van der Waals surface area contributed by atoms with Crippen molar-refractivity contribution in [2.75, 3.05) is 25.0 Å². The maximum atomic E-state index is 12.6. The largest absolute Gasteiger partial charge is 0.364 e. The molecule has 1 fully saturated rings. The third kappa shape index (κ3) is 4.74. The van der Waals surface area contributed by atoms with Crippen molar-refractivity contribution in [1.82, 2.24) is 14.5 Å². The fourth-order valence-corrected chi connectivity index (χ4v) is 4.39. The molecule has 1 N–H and O–H groups in total. The van der Waals surface area contributed by atoms with Crippen LogP contribution < -0.4 is 10.9 Å². The van der Waals surface area contributed by atoms with Gasteiger partial charge in [0.05, 0.1) is 6.04 Å². The summed E-state index contributed by atoms with van der Waals surface area (Å²) in [6, 6.07) is 4.60. The van der Waals surface area contributed by atoms with Gasteiger partial charge in [-0.15, -0.1) is 11.3 Å². The van der Waals surface area contributed by atoms with Crippen molar-refractivity contribution in [2.24, 2.45) is 11.8 Å². The lowest BCUT2D eigenvalue weighted by Gasteiger charge is -2.36. The number of rotatable bonds is 7. The van der Waals surface area contributed by atoms with E-state index in [1.54, 1.807) is 28.3 Å². The number of hydrogen-bond donors (Lipinski definition) is 1. The van der Waals surface area contributed by atoms with Gasteiger partial charge in [-0.2, -0.15) is 0 Å². The molecule has 6 heteroatoms. The number of thiophene rings is 1. The standard InChI is InChI=1S/C20H30N4OS/c1-15(2)14-24-11-8-21-19(20(24)25)22-13-17(18-5-4-12-26-18)23-9-6-16(3)7-10-23/h4-5,8,11-12,15-17H,6-7,9-10,13-14H2,1-3H3,(H,21,22). The van der Waals surface area contributed by atoms with E-state index in [1.165, 1.54) is 17.7 Å². The average Bonchev–Trinajstić information content (AvgIpc) is 3.13. The molecule has 26 heavy (non-hydrogen) atoms. The third-order valence-corrected chi connectivity index (χ3v) is 6.04. The van der Waals surface area contributed by atoms with E-state index in [0.717, 1.165) is 19.0 Å². The van der Waals surface area contributed by atoms with Crippen LogP contribution in [-0.4, -0.2) is 34.1 Å². The SMILES string of the molecule is CC(C)Cn1ccnc(NCC(c2cccs2)N2CCC(C)CC2)c1=O. The first-order chi connectivity index (χ1) is 12.5. The van der Waals surface area contributed by atoms with E-state index in [4.69, 9.17) is 0 Å². The van der Waals surface area contributed by atoms with Crippen molar-refractivity contribution in [3.63, 3.8) is 0 Å². The van der Waals surface area contributed by atoms with Gasteiger partial charge in [0.1, 0.15) is 0 Å². The monoisotopic (exact) mass is 374 g/mol. The van der Waals surface area contributed by atoms with E-state index in [1.807, 2.05) is 0 Å². The van der Waals surface area contributed by atoms with Gasteiger partial charge in [0, 0.05) is 30.4 Å². The third-order valence-electron chi connectivity index (χ3n) is 5.07. The Morgan fingerprint density at radius 2 is 2.12 bits per heavy atom. The van der Waals surface area contributed by atoms with Gasteiger partial charge in [0.15, 0.2) is 5.82 Å². The predicted molar refractivity (Wildman–Crippen MR) is 109 cm³/mol. The summed E-state index contributed by atoms with van der Waals surface area (Å²) < 4.78 is 1.75. The molecule has 0 aromatic carbocycles. The van der Waals surface area contributed by atoms with Gasteiger partial charge in [-0.25, -0.2) is 4.98 Å². The Bertz CT molecular complexity index is 733. The average molecular weight is 375 g/mol. The molecule has 5 nitrogen and oxygen atoms in total. The Morgan fingerprint density at radius 1 is 1.35 bits per heavy atom. The zero-order valence-corrected chi connectivity index (χ0v) is 16.8. The van der Waals surface area contributed by atoms with Crippen LogP contribution in [0.15, 0.2) is 34.7 Å². The van der Waals surface area contributed by atoms with E-state index in [0.29, 0.717) is 30.9 Å². The highest BCUT2D eigenvalue weighted by Crippen LogP contribution is 2.29. The minimum Gasteiger partial charge on any atom is -0.364 e. The van der Waals surface area contributed by atoms with Crippen molar-refractivity contribution in [1.29, 1.82) is 0 Å². The van der Waals surface area contributed by atoms with Crippen LogP contribution in [0.5, 0.6) is 0 Å². The van der Waals surface area contributed by atoms with Crippen molar-refractivity contribution >= 4 is 17.2 Å². The van der Waals surface area contributed by atoms with E-state index >= 15 is 0 Å². The maximum absolute atomic E-state index is 12.6. The molecule has 3 heterocycles. The number of hydrogen-bond acceptors (Lipinski definition) is 5. The summed E-state index contributed by atoms with van der Waals surface area (Å²) in [5.41, 5.74) is -0.0293. The van der Waals surface area contributed by atoms with Gasteiger partial charge in [0.25, 0.3) is 5.56 Å². The summed E-state index contributed by atoms with van der Waals surface area (Å²) in [5, 5.41) is 5.47. The topological polar surface area (TPSA) is 50.2 Å². The smallest absolute Gasteiger partial charge is 0.293 e. The summed E-state index contributed by atoms with van der Waals surface area (Å²) in [5.74, 6) is 1.69. The Hall–Kier alpha value is -1.66. The van der Waals surface area contributed by atoms with Crippen LogP contribution in [0.4, 0.5) is 5.82 Å². The van der Waals surface area contributed by atoms with Gasteiger partial charge in [-0.05, 0) is 49.2 Å². The van der Waals surface area contributed by atoms with Crippen LogP contribution in [-0.2, 0) is 6.54 Å². The van der Waals surface area contributed by atoms with E-state index in [2.05, 4.69) is 53.5 Å². The van der Waals surface area contributed by atoms with Crippen LogP contribution in [0.3, 0.4) is 0 Å². The highest BCUT2D eigenvalue weighted by atomic mass is 32.1. The summed E-state index contributed by atoms with van der Waals surface area (Å²) in [7, 11) is 0. The van der Waals surface area contributed by atoms with Gasteiger partial charge in [-0.1, -0.05) is 26.8 Å². The highest BCUT2D eigenvalue weighted by molar-refractivity contribution is 7.10. The molecule has 0 saturated carbocycles. The molecule has 1 aliphatic heterocycles. The predicted octanol–water partition coefficient (Wildman–Crippen LogP) is 3.85. The van der Waals surface area contributed by atoms with Crippen LogP contribution in [0.2, 0.25) is 0 Å². The quantitative estimate of drug-likeness (QED) is 0.800. The molecule has 0 spiro atoms. The summed E-state index contributed by atoms with van der Waals surface area (Å²) in [4.78, 5) is 20.8. The fraction of sp³-hybridized carbons (Fsp3) is 0.600. The number of likely N-dealkylation sites (tertiary alicyclic amines) is 1. The molecule has 0 radical (unpaired) electrons. The molecular weight excluding hydrogens is 344 g/mol.